The zero-order valence-corrected chi connectivity index (χ0v) is 12.5. The van der Waals surface area contributed by atoms with Crippen molar-refractivity contribution in [2.24, 2.45) is 0 Å². The Hall–Kier alpha value is -1.95. The zero-order chi connectivity index (χ0) is 15.0. The van der Waals surface area contributed by atoms with Crippen LogP contribution in [0.4, 0.5) is 4.39 Å². The van der Waals surface area contributed by atoms with Gasteiger partial charge in [0.1, 0.15) is 17.1 Å². The molecule has 0 amide bonds. The zero-order valence-electron chi connectivity index (χ0n) is 10.9. The second-order valence-electron chi connectivity index (χ2n) is 4.78. The average Bonchev–Trinajstić information content (AvgIpc) is 2.89. The first-order chi connectivity index (χ1) is 10.0. The van der Waals surface area contributed by atoms with Gasteiger partial charge in [0, 0.05) is 11.8 Å². The first-order valence-corrected chi connectivity index (χ1v) is 7.23. The minimum Gasteiger partial charge on any atom is -0.477 e. The van der Waals surface area contributed by atoms with Gasteiger partial charge in [0.2, 0.25) is 5.88 Å². The number of carbonyl (C=O) groups is 1. The lowest BCUT2D eigenvalue weighted by atomic mass is 10.1. The van der Waals surface area contributed by atoms with Crippen molar-refractivity contribution in [2.75, 3.05) is 0 Å². The lowest BCUT2D eigenvalue weighted by Gasteiger charge is -2.10. The van der Waals surface area contributed by atoms with Crippen LogP contribution in [0.3, 0.4) is 0 Å². The Morgan fingerprint density at radius 1 is 1.33 bits per heavy atom. The van der Waals surface area contributed by atoms with E-state index in [9.17, 15) is 14.3 Å². The van der Waals surface area contributed by atoms with Crippen LogP contribution >= 0.6 is 15.9 Å². The summed E-state index contributed by atoms with van der Waals surface area (Å²) in [7, 11) is 0. The second-order valence-corrected chi connectivity index (χ2v) is 5.64. The number of rotatable bonds is 3. The molecule has 0 unspecified atom stereocenters. The van der Waals surface area contributed by atoms with E-state index in [4.69, 9.17) is 4.74 Å². The van der Waals surface area contributed by atoms with Crippen LogP contribution in [0.25, 0.3) is 0 Å². The standard InChI is InChI=1S/C15H11BrFNO3/c16-11-5-4-9(7-12(11)17)21-14-10(15(19)20)6-8-2-1-3-13(8)18-14/h4-7H,1-3H2,(H,19,20). The molecule has 1 aliphatic rings. The van der Waals surface area contributed by atoms with E-state index in [2.05, 4.69) is 20.9 Å². The number of ether oxygens (including phenoxy) is 1. The molecule has 1 aromatic carbocycles. The van der Waals surface area contributed by atoms with E-state index < -0.39 is 11.8 Å². The molecule has 108 valence electrons. The van der Waals surface area contributed by atoms with Crippen molar-refractivity contribution >= 4 is 21.9 Å². The van der Waals surface area contributed by atoms with Crippen LogP contribution < -0.4 is 4.74 Å². The highest BCUT2D eigenvalue weighted by Gasteiger charge is 2.21. The molecule has 4 nitrogen and oxygen atoms in total. The Labute approximate surface area is 128 Å². The molecule has 21 heavy (non-hydrogen) atoms. The summed E-state index contributed by atoms with van der Waals surface area (Å²) in [5.74, 6) is -1.37. The van der Waals surface area contributed by atoms with Gasteiger partial charge in [-0.2, -0.15) is 0 Å². The SMILES string of the molecule is O=C(O)c1cc2c(nc1Oc1ccc(Br)c(F)c1)CCC2. The summed E-state index contributed by atoms with van der Waals surface area (Å²) < 4.78 is 19.3. The number of aryl methyl sites for hydroxylation is 2. The number of aromatic carboxylic acids is 1. The van der Waals surface area contributed by atoms with Crippen LogP contribution in [0.15, 0.2) is 28.7 Å². The lowest BCUT2D eigenvalue weighted by Crippen LogP contribution is -2.05. The quantitative estimate of drug-likeness (QED) is 0.908. The highest BCUT2D eigenvalue weighted by atomic mass is 79.9. The molecule has 1 aliphatic carbocycles. The highest BCUT2D eigenvalue weighted by Crippen LogP contribution is 2.31. The van der Waals surface area contributed by atoms with E-state index in [0.29, 0.717) is 4.47 Å². The Morgan fingerprint density at radius 2 is 2.14 bits per heavy atom. The van der Waals surface area contributed by atoms with Crippen LogP contribution in [0.1, 0.15) is 28.0 Å². The van der Waals surface area contributed by atoms with Gasteiger partial charge in [-0.05, 0) is 59.0 Å². The second kappa shape index (κ2) is 5.44. The third-order valence-corrected chi connectivity index (χ3v) is 3.99. The van der Waals surface area contributed by atoms with E-state index in [-0.39, 0.29) is 17.2 Å². The van der Waals surface area contributed by atoms with E-state index in [1.165, 1.54) is 12.1 Å². The van der Waals surface area contributed by atoms with Gasteiger partial charge in [-0.3, -0.25) is 0 Å². The number of fused-ring (bicyclic) bond motifs is 1. The van der Waals surface area contributed by atoms with Gasteiger partial charge in [-0.1, -0.05) is 0 Å². The number of hydrogen-bond donors (Lipinski definition) is 1. The molecule has 6 heteroatoms. The molecule has 0 saturated carbocycles. The predicted molar refractivity (Wildman–Crippen MR) is 77.4 cm³/mol. The van der Waals surface area contributed by atoms with Crippen molar-refractivity contribution in [3.8, 4) is 11.6 Å². The van der Waals surface area contributed by atoms with Gasteiger partial charge in [0.25, 0.3) is 0 Å². The predicted octanol–water partition coefficient (Wildman–Crippen LogP) is 3.96. The number of pyridine rings is 1. The Kier molecular flexibility index (Phi) is 3.63. The minimum absolute atomic E-state index is 0.000947. The van der Waals surface area contributed by atoms with Crippen molar-refractivity contribution in [1.29, 1.82) is 0 Å². The third-order valence-electron chi connectivity index (χ3n) is 3.35. The molecule has 1 heterocycles. The van der Waals surface area contributed by atoms with E-state index in [1.54, 1.807) is 12.1 Å². The maximum Gasteiger partial charge on any atom is 0.341 e. The number of benzene rings is 1. The van der Waals surface area contributed by atoms with E-state index in [1.807, 2.05) is 0 Å². The van der Waals surface area contributed by atoms with Crippen LogP contribution in [0.5, 0.6) is 11.6 Å². The molecule has 0 bridgehead atoms. The minimum atomic E-state index is -1.11. The maximum absolute atomic E-state index is 13.5. The van der Waals surface area contributed by atoms with E-state index in [0.717, 1.165) is 30.5 Å². The van der Waals surface area contributed by atoms with Crippen LogP contribution in [-0.4, -0.2) is 16.1 Å². The Morgan fingerprint density at radius 3 is 2.86 bits per heavy atom. The van der Waals surface area contributed by atoms with Crippen LogP contribution in [-0.2, 0) is 12.8 Å². The molecule has 0 fully saturated rings. The van der Waals surface area contributed by atoms with E-state index >= 15 is 0 Å². The number of carboxylic acids is 1. The largest absolute Gasteiger partial charge is 0.477 e. The number of carboxylic acid groups (broad SMARTS) is 1. The summed E-state index contributed by atoms with van der Waals surface area (Å²) >= 11 is 3.05. The first-order valence-electron chi connectivity index (χ1n) is 6.43. The number of aromatic nitrogens is 1. The van der Waals surface area contributed by atoms with Gasteiger partial charge < -0.3 is 9.84 Å². The number of halogens is 2. The molecule has 0 atom stereocenters. The third kappa shape index (κ3) is 2.76. The van der Waals surface area contributed by atoms with Crippen LogP contribution in [0.2, 0.25) is 0 Å². The topological polar surface area (TPSA) is 59.4 Å². The molecule has 2 aromatic rings. The molecule has 0 saturated heterocycles. The summed E-state index contributed by atoms with van der Waals surface area (Å²) in [5, 5.41) is 9.27. The first kappa shape index (κ1) is 14.0. The monoisotopic (exact) mass is 351 g/mol. The fourth-order valence-corrected chi connectivity index (χ4v) is 2.58. The summed E-state index contributed by atoms with van der Waals surface area (Å²) in [6.07, 6.45) is 2.59. The van der Waals surface area contributed by atoms with Crippen molar-refractivity contribution in [3.63, 3.8) is 0 Å². The molecule has 0 spiro atoms. The molecule has 0 radical (unpaired) electrons. The molecule has 0 aliphatic heterocycles. The summed E-state index contributed by atoms with van der Waals surface area (Å²) in [6.45, 7) is 0. The molecular formula is C15H11BrFNO3. The van der Waals surface area contributed by atoms with Crippen molar-refractivity contribution in [1.82, 2.24) is 4.98 Å². The summed E-state index contributed by atoms with van der Waals surface area (Å²) in [6, 6.07) is 5.83. The fraction of sp³-hybridized carbons (Fsp3) is 0.200. The lowest BCUT2D eigenvalue weighted by molar-refractivity contribution is 0.0693. The number of hydrogen-bond acceptors (Lipinski definition) is 3. The molecule has 1 aromatic heterocycles. The highest BCUT2D eigenvalue weighted by molar-refractivity contribution is 9.10. The normalized spacial score (nSPS) is 13.0. The molecular weight excluding hydrogens is 341 g/mol. The van der Waals surface area contributed by atoms with Gasteiger partial charge in [-0.15, -0.1) is 0 Å². The Balaban J connectivity index is 2.01. The van der Waals surface area contributed by atoms with Crippen LogP contribution in [0, 0.1) is 5.82 Å². The van der Waals surface area contributed by atoms with Gasteiger partial charge in [0.05, 0.1) is 4.47 Å². The summed E-state index contributed by atoms with van der Waals surface area (Å²) in [4.78, 5) is 15.6. The van der Waals surface area contributed by atoms with Gasteiger partial charge >= 0.3 is 5.97 Å². The van der Waals surface area contributed by atoms with Gasteiger partial charge in [0.15, 0.2) is 0 Å². The van der Waals surface area contributed by atoms with Crippen molar-refractivity contribution < 1.29 is 19.0 Å². The van der Waals surface area contributed by atoms with Crippen molar-refractivity contribution in [3.05, 3.63) is 51.4 Å². The fourth-order valence-electron chi connectivity index (χ4n) is 2.34. The summed E-state index contributed by atoms with van der Waals surface area (Å²) in [5.41, 5.74) is 1.80. The maximum atomic E-state index is 13.5. The van der Waals surface area contributed by atoms with Gasteiger partial charge in [-0.25, -0.2) is 14.2 Å². The smallest absolute Gasteiger partial charge is 0.341 e. The molecule has 3 rings (SSSR count). The average molecular weight is 352 g/mol. The number of nitrogens with zero attached hydrogens (tertiary/aromatic N) is 1. The molecule has 1 N–H and O–H groups in total. The Bertz CT molecular complexity index is 733. The van der Waals surface area contributed by atoms with Crippen molar-refractivity contribution in [2.45, 2.75) is 19.3 Å².